The third kappa shape index (κ3) is 7.02. The van der Waals surface area contributed by atoms with Crippen LogP contribution in [0.15, 0.2) is 4.99 Å². The molecule has 148 valence electrons. The second-order valence-corrected chi connectivity index (χ2v) is 7.67. The molecule has 1 aliphatic rings. The molecule has 0 saturated heterocycles. The lowest BCUT2D eigenvalue weighted by Crippen LogP contribution is -2.45. The zero-order valence-corrected chi connectivity index (χ0v) is 19.3. The van der Waals surface area contributed by atoms with Crippen molar-refractivity contribution in [2.45, 2.75) is 66.0 Å². The van der Waals surface area contributed by atoms with Gasteiger partial charge >= 0.3 is 5.97 Å². The largest absolute Gasteiger partial charge is 0.466 e. The number of halogens is 1. The van der Waals surface area contributed by atoms with E-state index in [0.29, 0.717) is 19.2 Å². The third-order valence-electron chi connectivity index (χ3n) is 4.41. The van der Waals surface area contributed by atoms with Crippen LogP contribution in [-0.4, -0.2) is 36.1 Å². The molecule has 0 bridgehead atoms. The van der Waals surface area contributed by atoms with Crippen LogP contribution in [0.3, 0.4) is 0 Å². The Morgan fingerprint density at radius 1 is 1.27 bits per heavy atom. The number of esters is 1. The summed E-state index contributed by atoms with van der Waals surface area (Å²) in [5, 5.41) is 7.91. The Hall–Kier alpha value is -0.900. The van der Waals surface area contributed by atoms with E-state index in [1.165, 1.54) is 4.88 Å². The molecule has 2 N–H and O–H groups in total. The van der Waals surface area contributed by atoms with E-state index < -0.39 is 0 Å². The van der Waals surface area contributed by atoms with Crippen molar-refractivity contribution >= 4 is 47.2 Å². The number of nitrogens with zero attached hydrogens (tertiary/aromatic N) is 2. The zero-order chi connectivity index (χ0) is 18.2. The van der Waals surface area contributed by atoms with Gasteiger partial charge in [-0.25, -0.2) is 9.98 Å². The maximum atomic E-state index is 11.8. The molecule has 1 aliphatic carbocycles. The van der Waals surface area contributed by atoms with Gasteiger partial charge in [0, 0.05) is 17.5 Å². The van der Waals surface area contributed by atoms with Crippen LogP contribution in [0.2, 0.25) is 0 Å². The lowest BCUT2D eigenvalue weighted by molar-refractivity contribution is -0.149. The lowest BCUT2D eigenvalue weighted by atomic mass is 9.86. The van der Waals surface area contributed by atoms with Crippen LogP contribution in [0.5, 0.6) is 0 Å². The van der Waals surface area contributed by atoms with Crippen LogP contribution in [-0.2, 0) is 16.1 Å². The summed E-state index contributed by atoms with van der Waals surface area (Å²) in [6, 6.07) is 0.354. The molecule has 1 aromatic rings. The van der Waals surface area contributed by atoms with Crippen molar-refractivity contribution in [3.63, 3.8) is 0 Å². The summed E-state index contributed by atoms with van der Waals surface area (Å²) in [5.74, 6) is 0.852. The predicted molar refractivity (Wildman–Crippen MR) is 117 cm³/mol. The zero-order valence-electron chi connectivity index (χ0n) is 16.1. The number of aliphatic imine (C=N–C) groups is 1. The fourth-order valence-electron chi connectivity index (χ4n) is 3.12. The van der Waals surface area contributed by atoms with Gasteiger partial charge in [0.2, 0.25) is 0 Å². The quantitative estimate of drug-likeness (QED) is 0.274. The molecule has 1 saturated carbocycles. The number of guanidine groups is 1. The number of carbonyl (C=O) groups excluding carboxylic acids is 1. The van der Waals surface area contributed by atoms with E-state index in [2.05, 4.69) is 22.5 Å². The van der Waals surface area contributed by atoms with Crippen molar-refractivity contribution in [1.29, 1.82) is 0 Å². The molecule has 6 nitrogen and oxygen atoms in total. The number of aromatic nitrogens is 1. The fraction of sp³-hybridized carbons (Fsp3) is 0.722. The molecule has 1 heterocycles. The Balaban J connectivity index is 0.00000338. The highest BCUT2D eigenvalue weighted by molar-refractivity contribution is 14.0. The predicted octanol–water partition coefficient (Wildman–Crippen LogP) is 3.55. The first kappa shape index (κ1) is 23.1. The van der Waals surface area contributed by atoms with Gasteiger partial charge in [-0.05, 0) is 53.4 Å². The summed E-state index contributed by atoms with van der Waals surface area (Å²) in [5.41, 5.74) is 1.07. The van der Waals surface area contributed by atoms with Gasteiger partial charge in [0.05, 0.1) is 29.8 Å². The van der Waals surface area contributed by atoms with Crippen LogP contribution in [0.25, 0.3) is 0 Å². The van der Waals surface area contributed by atoms with Gasteiger partial charge in [-0.3, -0.25) is 4.79 Å². The van der Waals surface area contributed by atoms with Crippen LogP contribution in [0, 0.1) is 19.8 Å². The summed E-state index contributed by atoms with van der Waals surface area (Å²) >= 11 is 1.70. The Labute approximate surface area is 177 Å². The Kier molecular flexibility index (Phi) is 10.4. The summed E-state index contributed by atoms with van der Waals surface area (Å²) < 4.78 is 5.14. The van der Waals surface area contributed by atoms with Gasteiger partial charge in [0.15, 0.2) is 5.96 Å². The van der Waals surface area contributed by atoms with Crippen molar-refractivity contribution in [3.8, 4) is 0 Å². The molecule has 0 atom stereocenters. The van der Waals surface area contributed by atoms with Crippen molar-refractivity contribution in [3.05, 3.63) is 15.6 Å². The van der Waals surface area contributed by atoms with Gasteiger partial charge in [0.1, 0.15) is 0 Å². The number of hydrogen-bond acceptors (Lipinski definition) is 5. The van der Waals surface area contributed by atoms with E-state index in [4.69, 9.17) is 9.73 Å². The minimum Gasteiger partial charge on any atom is -0.466 e. The Morgan fingerprint density at radius 3 is 2.50 bits per heavy atom. The Bertz CT molecular complexity index is 598. The number of rotatable bonds is 6. The molecule has 0 aliphatic heterocycles. The highest BCUT2D eigenvalue weighted by atomic mass is 127. The second-order valence-electron chi connectivity index (χ2n) is 6.38. The van der Waals surface area contributed by atoms with Crippen LogP contribution in [0.1, 0.15) is 55.1 Å². The summed E-state index contributed by atoms with van der Waals surface area (Å²) in [6.07, 6.45) is 3.69. The number of ether oxygens (including phenoxy) is 1. The van der Waals surface area contributed by atoms with Crippen LogP contribution < -0.4 is 10.6 Å². The topological polar surface area (TPSA) is 75.6 Å². The maximum absolute atomic E-state index is 11.8. The van der Waals surface area contributed by atoms with Gasteiger partial charge < -0.3 is 15.4 Å². The van der Waals surface area contributed by atoms with E-state index in [1.807, 2.05) is 20.8 Å². The number of aryl methyl sites for hydroxylation is 2. The van der Waals surface area contributed by atoms with Gasteiger partial charge in [-0.15, -0.1) is 35.3 Å². The van der Waals surface area contributed by atoms with Gasteiger partial charge in [-0.1, -0.05) is 0 Å². The van der Waals surface area contributed by atoms with Crippen molar-refractivity contribution in [2.75, 3.05) is 13.2 Å². The standard InChI is InChI=1S/C18H30N4O2S.HI/c1-5-19-18(20-11-16-12(3)21-13(4)25-16)22-15-9-7-14(8-10-15)17(23)24-6-2;/h14-15H,5-11H2,1-4H3,(H2,19,20,22);1H. The molecule has 1 fully saturated rings. The van der Waals surface area contributed by atoms with Crippen molar-refractivity contribution < 1.29 is 9.53 Å². The molecular weight excluding hydrogens is 463 g/mol. The van der Waals surface area contributed by atoms with E-state index in [9.17, 15) is 4.79 Å². The highest BCUT2D eigenvalue weighted by Crippen LogP contribution is 2.25. The van der Waals surface area contributed by atoms with Gasteiger partial charge in [0.25, 0.3) is 0 Å². The molecule has 0 radical (unpaired) electrons. The molecule has 26 heavy (non-hydrogen) atoms. The first-order chi connectivity index (χ1) is 12.0. The molecule has 0 amide bonds. The monoisotopic (exact) mass is 494 g/mol. The highest BCUT2D eigenvalue weighted by Gasteiger charge is 2.27. The maximum Gasteiger partial charge on any atom is 0.308 e. The fourth-order valence-corrected chi connectivity index (χ4v) is 3.98. The summed E-state index contributed by atoms with van der Waals surface area (Å²) in [7, 11) is 0. The Morgan fingerprint density at radius 2 is 1.96 bits per heavy atom. The van der Waals surface area contributed by atoms with Crippen molar-refractivity contribution in [1.82, 2.24) is 15.6 Å². The number of hydrogen-bond donors (Lipinski definition) is 2. The first-order valence-electron chi connectivity index (χ1n) is 9.17. The summed E-state index contributed by atoms with van der Waals surface area (Å²) in [6.45, 7) is 9.91. The number of nitrogens with one attached hydrogen (secondary N) is 2. The minimum absolute atomic E-state index is 0. The van der Waals surface area contributed by atoms with Crippen LogP contribution >= 0.6 is 35.3 Å². The molecule has 0 unspecified atom stereocenters. The van der Waals surface area contributed by atoms with E-state index in [0.717, 1.165) is 48.9 Å². The van der Waals surface area contributed by atoms with E-state index in [-0.39, 0.29) is 35.9 Å². The average molecular weight is 494 g/mol. The third-order valence-corrected chi connectivity index (χ3v) is 5.47. The molecule has 0 spiro atoms. The second kappa shape index (κ2) is 11.7. The smallest absolute Gasteiger partial charge is 0.308 e. The van der Waals surface area contributed by atoms with Crippen LogP contribution in [0.4, 0.5) is 0 Å². The number of thiazole rings is 1. The van der Waals surface area contributed by atoms with Crippen molar-refractivity contribution in [2.24, 2.45) is 10.9 Å². The molecule has 2 rings (SSSR count). The summed E-state index contributed by atoms with van der Waals surface area (Å²) in [4.78, 5) is 22.2. The lowest BCUT2D eigenvalue weighted by Gasteiger charge is -2.29. The van der Waals surface area contributed by atoms with E-state index >= 15 is 0 Å². The molecule has 0 aromatic carbocycles. The first-order valence-corrected chi connectivity index (χ1v) is 9.99. The minimum atomic E-state index is -0.0439. The van der Waals surface area contributed by atoms with Gasteiger partial charge in [-0.2, -0.15) is 0 Å². The molecule has 1 aromatic heterocycles. The van der Waals surface area contributed by atoms with E-state index in [1.54, 1.807) is 11.3 Å². The normalized spacial score (nSPS) is 20.2. The number of carbonyl (C=O) groups is 1. The average Bonchev–Trinajstić information content (AvgIpc) is 2.91. The SMILES string of the molecule is CCNC(=NCc1sc(C)nc1C)NC1CCC(C(=O)OCC)CC1.I. The molecule has 8 heteroatoms. The molecular formula is C18H31IN4O2S.